The van der Waals surface area contributed by atoms with E-state index in [4.69, 9.17) is 9.47 Å². The first-order chi connectivity index (χ1) is 12.0. The summed E-state index contributed by atoms with van der Waals surface area (Å²) in [6, 6.07) is 6.93. The number of rotatable bonds is 6. The van der Waals surface area contributed by atoms with Gasteiger partial charge in [-0.1, -0.05) is 0 Å². The van der Waals surface area contributed by atoms with Crippen molar-refractivity contribution < 1.29 is 9.47 Å². The Morgan fingerprint density at radius 3 is 2.38 bits per heavy atom. The number of halogens is 1. The molecule has 0 amide bonds. The number of nitrogens with zero attached hydrogens (tertiary/aromatic N) is 2. The van der Waals surface area contributed by atoms with E-state index >= 15 is 0 Å². The Balaban J connectivity index is 0.00000338. The maximum absolute atomic E-state index is 5.74. The first kappa shape index (κ1) is 22.8. The zero-order valence-corrected chi connectivity index (χ0v) is 18.9. The van der Waals surface area contributed by atoms with E-state index < -0.39 is 0 Å². The Morgan fingerprint density at radius 2 is 1.77 bits per heavy atom. The summed E-state index contributed by atoms with van der Waals surface area (Å²) < 4.78 is 11.4. The van der Waals surface area contributed by atoms with Crippen LogP contribution in [0.15, 0.2) is 23.2 Å². The summed E-state index contributed by atoms with van der Waals surface area (Å²) in [5, 5.41) is 6.69. The van der Waals surface area contributed by atoms with E-state index in [-0.39, 0.29) is 24.0 Å². The predicted molar refractivity (Wildman–Crippen MR) is 119 cm³/mol. The molecule has 7 heteroatoms. The lowest BCUT2D eigenvalue weighted by molar-refractivity contribution is 0.178. The molecule has 26 heavy (non-hydrogen) atoms. The van der Waals surface area contributed by atoms with Crippen molar-refractivity contribution in [3.63, 3.8) is 0 Å². The molecule has 148 valence electrons. The Labute approximate surface area is 174 Å². The first-order valence-corrected chi connectivity index (χ1v) is 9.14. The van der Waals surface area contributed by atoms with E-state index in [9.17, 15) is 0 Å². The fraction of sp³-hybridized carbons (Fsp3) is 0.632. The van der Waals surface area contributed by atoms with Crippen molar-refractivity contribution in [3.05, 3.63) is 18.2 Å². The van der Waals surface area contributed by atoms with Gasteiger partial charge in [-0.2, -0.15) is 0 Å². The Hall–Kier alpha value is -1.22. The highest BCUT2D eigenvalue weighted by Crippen LogP contribution is 2.32. The van der Waals surface area contributed by atoms with Gasteiger partial charge < -0.3 is 20.1 Å². The zero-order valence-electron chi connectivity index (χ0n) is 16.5. The van der Waals surface area contributed by atoms with Crippen molar-refractivity contribution in [1.29, 1.82) is 0 Å². The van der Waals surface area contributed by atoms with Gasteiger partial charge >= 0.3 is 0 Å². The van der Waals surface area contributed by atoms with E-state index in [2.05, 4.69) is 48.2 Å². The SMILES string of the molecule is CN=C(NCCN(C(C)C)C(C)C)Nc1ccc2c(c1)OCCCO2.I. The van der Waals surface area contributed by atoms with Gasteiger partial charge in [-0.25, -0.2) is 0 Å². The van der Waals surface area contributed by atoms with Gasteiger partial charge in [-0.15, -0.1) is 24.0 Å². The number of aliphatic imine (C=N–C) groups is 1. The fourth-order valence-electron chi connectivity index (χ4n) is 2.97. The molecule has 1 heterocycles. The second kappa shape index (κ2) is 11.5. The van der Waals surface area contributed by atoms with Crippen molar-refractivity contribution in [3.8, 4) is 11.5 Å². The van der Waals surface area contributed by atoms with Crippen molar-refractivity contribution in [2.24, 2.45) is 4.99 Å². The van der Waals surface area contributed by atoms with Crippen LogP contribution in [0.25, 0.3) is 0 Å². The lowest BCUT2D eigenvalue weighted by Crippen LogP contribution is -2.43. The molecule has 2 N–H and O–H groups in total. The summed E-state index contributed by atoms with van der Waals surface area (Å²) in [7, 11) is 1.78. The van der Waals surface area contributed by atoms with E-state index in [0.29, 0.717) is 25.3 Å². The third-order valence-corrected chi connectivity index (χ3v) is 4.22. The standard InChI is InChI=1S/C19H32N4O2.HI/c1-14(2)23(15(3)4)10-9-21-19(20-5)22-16-7-8-17-18(13-16)25-12-6-11-24-17;/h7-8,13-15H,6,9-12H2,1-5H3,(H2,20,21,22);1H. The molecule has 1 aromatic carbocycles. The van der Waals surface area contributed by atoms with Crippen LogP contribution < -0.4 is 20.1 Å². The van der Waals surface area contributed by atoms with Gasteiger partial charge in [0.25, 0.3) is 0 Å². The fourth-order valence-corrected chi connectivity index (χ4v) is 2.97. The molecule has 0 spiro atoms. The smallest absolute Gasteiger partial charge is 0.195 e. The van der Waals surface area contributed by atoms with E-state index in [1.165, 1.54) is 0 Å². The number of hydrogen-bond acceptors (Lipinski definition) is 4. The minimum absolute atomic E-state index is 0. The number of nitrogens with one attached hydrogen (secondary N) is 2. The molecule has 0 aromatic heterocycles. The maximum atomic E-state index is 5.74. The Bertz CT molecular complexity index is 571. The lowest BCUT2D eigenvalue weighted by Gasteiger charge is -2.30. The highest BCUT2D eigenvalue weighted by Gasteiger charge is 2.14. The van der Waals surface area contributed by atoms with Crippen LogP contribution in [0.4, 0.5) is 5.69 Å². The van der Waals surface area contributed by atoms with Gasteiger partial charge in [0.2, 0.25) is 0 Å². The average molecular weight is 476 g/mol. The third kappa shape index (κ3) is 6.83. The van der Waals surface area contributed by atoms with Gasteiger partial charge in [-0.05, 0) is 39.8 Å². The van der Waals surface area contributed by atoms with Crippen LogP contribution in [-0.4, -0.2) is 56.3 Å². The van der Waals surface area contributed by atoms with Crippen LogP contribution >= 0.6 is 24.0 Å². The molecular weight excluding hydrogens is 443 g/mol. The molecule has 2 rings (SSSR count). The van der Waals surface area contributed by atoms with Crippen molar-refractivity contribution in [1.82, 2.24) is 10.2 Å². The summed E-state index contributed by atoms with van der Waals surface area (Å²) in [4.78, 5) is 6.76. The lowest BCUT2D eigenvalue weighted by atomic mass is 10.2. The predicted octanol–water partition coefficient (Wildman–Crippen LogP) is 3.57. The topological polar surface area (TPSA) is 58.1 Å². The van der Waals surface area contributed by atoms with E-state index in [0.717, 1.165) is 42.7 Å². The molecule has 0 aliphatic carbocycles. The highest BCUT2D eigenvalue weighted by molar-refractivity contribution is 14.0. The first-order valence-electron chi connectivity index (χ1n) is 9.14. The summed E-state index contributed by atoms with van der Waals surface area (Å²) in [6.45, 7) is 12.1. The van der Waals surface area contributed by atoms with Crippen molar-refractivity contribution in [2.45, 2.75) is 46.2 Å². The molecule has 0 saturated carbocycles. The van der Waals surface area contributed by atoms with Gasteiger partial charge in [0.15, 0.2) is 17.5 Å². The molecule has 1 aliphatic heterocycles. The second-order valence-corrected chi connectivity index (χ2v) is 6.76. The molecule has 1 aliphatic rings. The molecule has 0 bridgehead atoms. The normalized spacial score (nSPS) is 14.2. The van der Waals surface area contributed by atoms with Gasteiger partial charge in [-0.3, -0.25) is 9.89 Å². The Morgan fingerprint density at radius 1 is 1.12 bits per heavy atom. The minimum atomic E-state index is 0. The van der Waals surface area contributed by atoms with E-state index in [1.54, 1.807) is 7.05 Å². The summed E-state index contributed by atoms with van der Waals surface area (Å²) in [5.74, 6) is 2.33. The number of fused-ring (bicyclic) bond motifs is 1. The van der Waals surface area contributed by atoms with Gasteiger partial charge in [0.1, 0.15) is 0 Å². The number of ether oxygens (including phenoxy) is 2. The molecule has 1 aromatic rings. The maximum Gasteiger partial charge on any atom is 0.195 e. The summed E-state index contributed by atoms with van der Waals surface area (Å²) in [6.07, 6.45) is 0.906. The van der Waals surface area contributed by atoms with Crippen LogP contribution in [0.3, 0.4) is 0 Å². The molecule has 0 saturated heterocycles. The molecule has 0 unspecified atom stereocenters. The molecule has 6 nitrogen and oxygen atoms in total. The second-order valence-electron chi connectivity index (χ2n) is 6.76. The van der Waals surface area contributed by atoms with E-state index in [1.807, 2.05) is 18.2 Å². The molecule has 0 fully saturated rings. The van der Waals surface area contributed by atoms with Crippen LogP contribution in [0.2, 0.25) is 0 Å². The Kier molecular flexibility index (Phi) is 10.1. The van der Waals surface area contributed by atoms with Crippen molar-refractivity contribution in [2.75, 3.05) is 38.7 Å². The number of anilines is 1. The monoisotopic (exact) mass is 476 g/mol. The number of benzene rings is 1. The van der Waals surface area contributed by atoms with Crippen LogP contribution in [0.5, 0.6) is 11.5 Å². The molecular formula is C19H33IN4O2. The highest BCUT2D eigenvalue weighted by atomic mass is 127. The molecule has 0 atom stereocenters. The van der Waals surface area contributed by atoms with Crippen LogP contribution in [0.1, 0.15) is 34.1 Å². The van der Waals surface area contributed by atoms with Crippen LogP contribution in [0, 0.1) is 0 Å². The van der Waals surface area contributed by atoms with Crippen LogP contribution in [-0.2, 0) is 0 Å². The largest absolute Gasteiger partial charge is 0.490 e. The van der Waals surface area contributed by atoms with Crippen molar-refractivity contribution >= 4 is 35.6 Å². The quantitative estimate of drug-likeness (QED) is 0.374. The zero-order chi connectivity index (χ0) is 18.2. The van der Waals surface area contributed by atoms with Gasteiger partial charge in [0, 0.05) is 50.4 Å². The average Bonchev–Trinajstić information content (AvgIpc) is 2.81. The summed E-state index contributed by atoms with van der Waals surface area (Å²) in [5.41, 5.74) is 0.932. The minimum Gasteiger partial charge on any atom is -0.490 e. The molecule has 0 radical (unpaired) electrons. The third-order valence-electron chi connectivity index (χ3n) is 4.22. The number of hydrogen-bond donors (Lipinski definition) is 2. The summed E-state index contributed by atoms with van der Waals surface area (Å²) >= 11 is 0. The van der Waals surface area contributed by atoms with Gasteiger partial charge in [0.05, 0.1) is 13.2 Å². The number of guanidine groups is 1.